The van der Waals surface area contributed by atoms with E-state index in [1.807, 2.05) is 0 Å². The number of thioether (sulfide) groups is 1. The Bertz CT molecular complexity index is 737. The topological polar surface area (TPSA) is 104 Å². The smallest absolute Gasteiger partial charge is 0.269 e. The van der Waals surface area contributed by atoms with Gasteiger partial charge in [-0.15, -0.1) is 11.8 Å². The van der Waals surface area contributed by atoms with Gasteiger partial charge in [0.15, 0.2) is 0 Å². The minimum Gasteiger partial charge on any atom is -0.475 e. The first kappa shape index (κ1) is 19.7. The number of amides is 1. The van der Waals surface area contributed by atoms with Gasteiger partial charge >= 0.3 is 0 Å². The number of hydrogen-bond donors (Lipinski definition) is 1. The molecule has 0 saturated carbocycles. The lowest BCUT2D eigenvalue weighted by atomic mass is 10.3. The van der Waals surface area contributed by atoms with Crippen molar-refractivity contribution in [3.8, 4) is 5.88 Å². The Kier molecular flexibility index (Phi) is 7.37. The fourth-order valence-electron chi connectivity index (χ4n) is 1.92. The molecule has 0 aliphatic carbocycles. The number of nitrogens with zero attached hydrogens (tertiary/aromatic N) is 2. The molecule has 0 saturated heterocycles. The second kappa shape index (κ2) is 9.73. The molecule has 1 aromatic heterocycles. The number of anilines is 1. The summed E-state index contributed by atoms with van der Waals surface area (Å²) in [6, 6.07) is 9.45. The number of nitro groups is 1. The van der Waals surface area contributed by atoms with Gasteiger partial charge in [-0.05, 0) is 25.1 Å². The SMILES string of the molecule is COCCOc1ccc(NC(=O)C(C)Sc2ccc([N+](=O)[O-])cc2)cn1. The highest BCUT2D eigenvalue weighted by molar-refractivity contribution is 8.00. The van der Waals surface area contributed by atoms with Crippen molar-refractivity contribution in [2.45, 2.75) is 17.1 Å². The van der Waals surface area contributed by atoms with Crippen molar-refractivity contribution in [3.63, 3.8) is 0 Å². The summed E-state index contributed by atoms with van der Waals surface area (Å²) in [5.74, 6) is 0.261. The van der Waals surface area contributed by atoms with E-state index >= 15 is 0 Å². The minimum absolute atomic E-state index is 0.0188. The number of hydrogen-bond acceptors (Lipinski definition) is 7. The largest absolute Gasteiger partial charge is 0.475 e. The van der Waals surface area contributed by atoms with Crippen molar-refractivity contribution >= 4 is 29.0 Å². The van der Waals surface area contributed by atoms with Gasteiger partial charge in [-0.3, -0.25) is 14.9 Å². The Morgan fingerprint density at radius 1 is 1.27 bits per heavy atom. The lowest BCUT2D eigenvalue weighted by Gasteiger charge is -2.12. The van der Waals surface area contributed by atoms with Crippen molar-refractivity contribution in [1.29, 1.82) is 0 Å². The molecule has 1 unspecified atom stereocenters. The highest BCUT2D eigenvalue weighted by Crippen LogP contribution is 2.26. The number of non-ortho nitro benzene ring substituents is 1. The average molecular weight is 377 g/mol. The quantitative estimate of drug-likeness (QED) is 0.310. The molecule has 0 aliphatic rings. The Hall–Kier alpha value is -2.65. The molecule has 1 atom stereocenters. The van der Waals surface area contributed by atoms with Crippen LogP contribution in [-0.4, -0.2) is 41.4 Å². The third-order valence-electron chi connectivity index (χ3n) is 3.27. The van der Waals surface area contributed by atoms with Gasteiger partial charge in [-0.1, -0.05) is 0 Å². The maximum Gasteiger partial charge on any atom is 0.269 e. The lowest BCUT2D eigenvalue weighted by Crippen LogP contribution is -2.22. The van der Waals surface area contributed by atoms with Crippen LogP contribution in [0.4, 0.5) is 11.4 Å². The third kappa shape index (κ3) is 6.01. The van der Waals surface area contributed by atoms with Gasteiger partial charge in [0, 0.05) is 30.2 Å². The van der Waals surface area contributed by atoms with Gasteiger partial charge < -0.3 is 14.8 Å². The number of carbonyl (C=O) groups is 1. The van der Waals surface area contributed by atoms with Crippen LogP contribution in [0.15, 0.2) is 47.5 Å². The number of nitro benzene ring substituents is 1. The number of aromatic nitrogens is 1. The predicted octanol–water partition coefficient (Wildman–Crippen LogP) is 3.13. The monoisotopic (exact) mass is 377 g/mol. The second-order valence-electron chi connectivity index (χ2n) is 5.23. The zero-order valence-electron chi connectivity index (χ0n) is 14.4. The number of pyridine rings is 1. The summed E-state index contributed by atoms with van der Waals surface area (Å²) < 4.78 is 10.2. The molecule has 9 heteroatoms. The Morgan fingerprint density at radius 3 is 2.58 bits per heavy atom. The van der Waals surface area contributed by atoms with Crippen LogP contribution in [0.2, 0.25) is 0 Å². The van der Waals surface area contributed by atoms with Gasteiger partial charge in [0.1, 0.15) is 6.61 Å². The molecular weight excluding hydrogens is 358 g/mol. The van der Waals surface area contributed by atoms with E-state index < -0.39 is 4.92 Å². The van der Waals surface area contributed by atoms with Gasteiger partial charge in [-0.2, -0.15) is 0 Å². The molecule has 0 radical (unpaired) electrons. The van der Waals surface area contributed by atoms with E-state index in [4.69, 9.17) is 9.47 Å². The van der Waals surface area contributed by atoms with E-state index in [-0.39, 0.29) is 16.8 Å². The standard InChI is InChI=1S/C17H19N3O5S/c1-12(26-15-6-4-14(5-7-15)20(22)23)17(21)19-13-3-8-16(18-11-13)25-10-9-24-2/h3-8,11-12H,9-10H2,1-2H3,(H,19,21). The molecule has 2 aromatic rings. The first-order valence-electron chi connectivity index (χ1n) is 7.79. The van der Waals surface area contributed by atoms with Crippen molar-refractivity contribution < 1.29 is 19.2 Å². The van der Waals surface area contributed by atoms with Crippen molar-refractivity contribution in [2.75, 3.05) is 25.6 Å². The molecule has 8 nitrogen and oxygen atoms in total. The molecule has 1 N–H and O–H groups in total. The Balaban J connectivity index is 1.87. The predicted molar refractivity (Wildman–Crippen MR) is 98.7 cm³/mol. The molecule has 0 aliphatic heterocycles. The zero-order chi connectivity index (χ0) is 18.9. The Morgan fingerprint density at radius 2 is 2.00 bits per heavy atom. The maximum absolute atomic E-state index is 12.3. The normalized spacial score (nSPS) is 11.6. The number of nitrogens with one attached hydrogen (secondary N) is 1. The van der Waals surface area contributed by atoms with E-state index in [0.29, 0.717) is 24.8 Å². The van der Waals surface area contributed by atoms with E-state index in [0.717, 1.165) is 4.90 Å². The van der Waals surface area contributed by atoms with E-state index in [9.17, 15) is 14.9 Å². The van der Waals surface area contributed by atoms with E-state index in [1.165, 1.54) is 30.1 Å². The molecule has 0 spiro atoms. The van der Waals surface area contributed by atoms with Crippen molar-refractivity contribution in [3.05, 3.63) is 52.7 Å². The van der Waals surface area contributed by atoms with Crippen LogP contribution >= 0.6 is 11.8 Å². The van der Waals surface area contributed by atoms with Crippen LogP contribution in [0.5, 0.6) is 5.88 Å². The van der Waals surface area contributed by atoms with Crippen LogP contribution < -0.4 is 10.1 Å². The maximum atomic E-state index is 12.3. The summed E-state index contributed by atoms with van der Waals surface area (Å²) in [6.45, 7) is 2.63. The summed E-state index contributed by atoms with van der Waals surface area (Å²) in [4.78, 5) is 27.4. The summed E-state index contributed by atoms with van der Waals surface area (Å²) in [6.07, 6.45) is 1.52. The molecule has 26 heavy (non-hydrogen) atoms. The lowest BCUT2D eigenvalue weighted by molar-refractivity contribution is -0.384. The van der Waals surface area contributed by atoms with Crippen LogP contribution in [0.1, 0.15) is 6.92 Å². The molecular formula is C17H19N3O5S. The summed E-state index contributed by atoms with van der Waals surface area (Å²) in [5, 5.41) is 13.1. The highest BCUT2D eigenvalue weighted by Gasteiger charge is 2.15. The fourth-order valence-corrected chi connectivity index (χ4v) is 2.78. The molecule has 1 aromatic carbocycles. The number of ether oxygens (including phenoxy) is 2. The summed E-state index contributed by atoms with van der Waals surface area (Å²) >= 11 is 1.31. The van der Waals surface area contributed by atoms with Gasteiger partial charge in [-0.25, -0.2) is 4.98 Å². The van der Waals surface area contributed by atoms with Crippen molar-refractivity contribution in [2.24, 2.45) is 0 Å². The number of methoxy groups -OCH3 is 1. The van der Waals surface area contributed by atoms with Gasteiger partial charge in [0.2, 0.25) is 11.8 Å². The zero-order valence-corrected chi connectivity index (χ0v) is 15.2. The highest BCUT2D eigenvalue weighted by atomic mass is 32.2. The fraction of sp³-hybridized carbons (Fsp3) is 0.294. The molecule has 2 rings (SSSR count). The average Bonchev–Trinajstić information content (AvgIpc) is 2.63. The van der Waals surface area contributed by atoms with Crippen LogP contribution in [0.25, 0.3) is 0 Å². The first-order valence-corrected chi connectivity index (χ1v) is 8.67. The van der Waals surface area contributed by atoms with Crippen LogP contribution in [0.3, 0.4) is 0 Å². The van der Waals surface area contributed by atoms with Gasteiger partial charge in [0.25, 0.3) is 5.69 Å². The first-order chi connectivity index (χ1) is 12.5. The van der Waals surface area contributed by atoms with E-state index in [2.05, 4.69) is 10.3 Å². The molecule has 0 bridgehead atoms. The van der Waals surface area contributed by atoms with Gasteiger partial charge in [0.05, 0.1) is 28.7 Å². The number of carbonyl (C=O) groups excluding carboxylic acids is 1. The summed E-state index contributed by atoms with van der Waals surface area (Å²) in [7, 11) is 1.59. The van der Waals surface area contributed by atoms with Crippen molar-refractivity contribution in [1.82, 2.24) is 4.98 Å². The number of rotatable bonds is 9. The second-order valence-corrected chi connectivity index (χ2v) is 6.64. The summed E-state index contributed by atoms with van der Waals surface area (Å²) in [5.41, 5.74) is 0.579. The minimum atomic E-state index is -0.458. The Labute approximate surface area is 155 Å². The third-order valence-corrected chi connectivity index (χ3v) is 4.38. The molecule has 1 amide bonds. The van der Waals surface area contributed by atoms with E-state index in [1.54, 1.807) is 38.3 Å². The van der Waals surface area contributed by atoms with Crippen LogP contribution in [0, 0.1) is 10.1 Å². The molecule has 1 heterocycles. The van der Waals surface area contributed by atoms with Crippen LogP contribution in [-0.2, 0) is 9.53 Å². The number of benzene rings is 1. The molecule has 0 fully saturated rings. The molecule has 138 valence electrons.